The van der Waals surface area contributed by atoms with Gasteiger partial charge in [0.15, 0.2) is 11.2 Å². The normalized spacial score (nSPS) is 10.9. The van der Waals surface area contributed by atoms with E-state index in [-0.39, 0.29) is 17.4 Å². The number of imidazole rings is 1. The van der Waals surface area contributed by atoms with Crippen molar-refractivity contribution in [2.75, 3.05) is 18.6 Å². The van der Waals surface area contributed by atoms with Crippen LogP contribution in [0.2, 0.25) is 0 Å². The summed E-state index contributed by atoms with van der Waals surface area (Å²) in [6, 6.07) is 7.50. The molecule has 21 heavy (non-hydrogen) atoms. The summed E-state index contributed by atoms with van der Waals surface area (Å²) in [6.45, 7) is 0.433. The molecule has 8 nitrogen and oxygen atoms in total. The maximum absolute atomic E-state index is 11.8. The van der Waals surface area contributed by atoms with Crippen molar-refractivity contribution in [3.63, 3.8) is 0 Å². The van der Waals surface area contributed by atoms with Gasteiger partial charge in [-0.2, -0.15) is 4.98 Å². The fourth-order valence-corrected chi connectivity index (χ4v) is 2.11. The average Bonchev–Trinajstić information content (AvgIpc) is 2.77. The van der Waals surface area contributed by atoms with Crippen molar-refractivity contribution in [2.45, 2.75) is 6.54 Å². The SMILES string of the molecule is COc1ccc(Cn2c(N)nc3c(=O)[nH]c(N)nc32)cc1. The highest BCUT2D eigenvalue weighted by molar-refractivity contribution is 5.74. The van der Waals surface area contributed by atoms with E-state index in [1.165, 1.54) is 0 Å². The Balaban J connectivity index is 2.07. The highest BCUT2D eigenvalue weighted by Crippen LogP contribution is 2.17. The van der Waals surface area contributed by atoms with E-state index in [2.05, 4.69) is 15.0 Å². The zero-order chi connectivity index (χ0) is 15.0. The van der Waals surface area contributed by atoms with Crippen LogP contribution in [-0.4, -0.2) is 26.6 Å². The van der Waals surface area contributed by atoms with Gasteiger partial charge in [0, 0.05) is 0 Å². The van der Waals surface area contributed by atoms with E-state index in [9.17, 15) is 4.79 Å². The van der Waals surface area contributed by atoms with Crippen LogP contribution in [0.25, 0.3) is 11.2 Å². The van der Waals surface area contributed by atoms with Crippen LogP contribution in [-0.2, 0) is 6.54 Å². The second-order valence-electron chi connectivity index (χ2n) is 4.53. The smallest absolute Gasteiger partial charge is 0.280 e. The van der Waals surface area contributed by atoms with Gasteiger partial charge in [-0.3, -0.25) is 14.3 Å². The van der Waals surface area contributed by atoms with Gasteiger partial charge in [0.1, 0.15) is 5.75 Å². The van der Waals surface area contributed by atoms with E-state index in [1.54, 1.807) is 11.7 Å². The predicted molar refractivity (Wildman–Crippen MR) is 79.1 cm³/mol. The van der Waals surface area contributed by atoms with Crippen molar-refractivity contribution in [3.05, 3.63) is 40.2 Å². The Bertz CT molecular complexity index is 849. The number of aromatic nitrogens is 4. The number of fused-ring (bicyclic) bond motifs is 1. The molecule has 3 rings (SSSR count). The quantitative estimate of drug-likeness (QED) is 0.637. The minimum Gasteiger partial charge on any atom is -0.497 e. The van der Waals surface area contributed by atoms with Crippen LogP contribution in [0, 0.1) is 0 Å². The molecule has 0 aliphatic carbocycles. The number of nitrogens with one attached hydrogen (secondary N) is 1. The molecule has 2 heterocycles. The number of aromatic amines is 1. The second-order valence-corrected chi connectivity index (χ2v) is 4.53. The van der Waals surface area contributed by atoms with Gasteiger partial charge < -0.3 is 16.2 Å². The molecule has 5 N–H and O–H groups in total. The van der Waals surface area contributed by atoms with Crippen LogP contribution in [0.3, 0.4) is 0 Å². The number of methoxy groups -OCH3 is 1. The molecule has 0 saturated carbocycles. The molecule has 0 saturated heterocycles. The highest BCUT2D eigenvalue weighted by Gasteiger charge is 2.13. The molecule has 0 bridgehead atoms. The lowest BCUT2D eigenvalue weighted by Gasteiger charge is -2.07. The Labute approximate surface area is 119 Å². The van der Waals surface area contributed by atoms with E-state index < -0.39 is 5.56 Å². The topological polar surface area (TPSA) is 125 Å². The lowest BCUT2D eigenvalue weighted by molar-refractivity contribution is 0.414. The van der Waals surface area contributed by atoms with Crippen molar-refractivity contribution < 1.29 is 4.74 Å². The molecule has 0 amide bonds. The van der Waals surface area contributed by atoms with E-state index in [4.69, 9.17) is 16.2 Å². The summed E-state index contributed by atoms with van der Waals surface area (Å²) in [5, 5.41) is 0. The molecule has 0 aliphatic rings. The molecule has 1 aromatic carbocycles. The molecule has 108 valence electrons. The summed E-state index contributed by atoms with van der Waals surface area (Å²) >= 11 is 0. The Morgan fingerprint density at radius 3 is 2.62 bits per heavy atom. The van der Waals surface area contributed by atoms with E-state index >= 15 is 0 Å². The molecule has 0 atom stereocenters. The van der Waals surface area contributed by atoms with Crippen molar-refractivity contribution >= 4 is 23.1 Å². The van der Waals surface area contributed by atoms with Crippen LogP contribution in [0.1, 0.15) is 5.56 Å². The third kappa shape index (κ3) is 2.27. The minimum absolute atomic E-state index is 0.0309. The summed E-state index contributed by atoms with van der Waals surface area (Å²) in [7, 11) is 1.61. The number of rotatable bonds is 3. The fraction of sp³-hybridized carbons (Fsp3) is 0.154. The monoisotopic (exact) mass is 286 g/mol. The lowest BCUT2D eigenvalue weighted by Crippen LogP contribution is -2.12. The predicted octanol–water partition coefficient (Wildman–Crippen LogP) is 0.341. The van der Waals surface area contributed by atoms with Gasteiger partial charge in [-0.15, -0.1) is 0 Å². The highest BCUT2D eigenvalue weighted by atomic mass is 16.5. The molecular weight excluding hydrogens is 272 g/mol. The Morgan fingerprint density at radius 2 is 1.95 bits per heavy atom. The summed E-state index contributed by atoms with van der Waals surface area (Å²) in [5.41, 5.74) is 12.5. The summed E-state index contributed by atoms with van der Waals surface area (Å²) < 4.78 is 6.75. The van der Waals surface area contributed by atoms with Gasteiger partial charge in [0.25, 0.3) is 5.56 Å². The number of hydrogen-bond donors (Lipinski definition) is 3. The standard InChI is InChI=1S/C13H14N6O2/c1-21-8-4-2-7(3-5-8)6-19-10-9(16-13(19)15)11(20)18-12(14)17-10/h2-5H,6H2,1H3,(H2,15,16)(H3,14,17,18,20). The first-order valence-electron chi connectivity index (χ1n) is 6.23. The molecule has 0 spiro atoms. The number of anilines is 2. The number of H-pyrrole nitrogens is 1. The molecule has 0 radical (unpaired) electrons. The lowest BCUT2D eigenvalue weighted by atomic mass is 10.2. The van der Waals surface area contributed by atoms with Gasteiger partial charge in [-0.05, 0) is 17.7 Å². The van der Waals surface area contributed by atoms with Gasteiger partial charge in [0.05, 0.1) is 13.7 Å². The molecular formula is C13H14N6O2. The number of nitrogens with zero attached hydrogens (tertiary/aromatic N) is 3. The third-order valence-electron chi connectivity index (χ3n) is 3.15. The maximum Gasteiger partial charge on any atom is 0.280 e. The largest absolute Gasteiger partial charge is 0.497 e. The number of benzene rings is 1. The third-order valence-corrected chi connectivity index (χ3v) is 3.15. The zero-order valence-electron chi connectivity index (χ0n) is 11.3. The van der Waals surface area contributed by atoms with Crippen molar-refractivity contribution in [1.82, 2.24) is 19.5 Å². The molecule has 3 aromatic rings. The van der Waals surface area contributed by atoms with Gasteiger partial charge in [-0.25, -0.2) is 4.98 Å². The number of ether oxygens (including phenoxy) is 1. The Hall–Kier alpha value is -3.03. The first kappa shape index (κ1) is 13.0. The van der Waals surface area contributed by atoms with Gasteiger partial charge >= 0.3 is 0 Å². The minimum atomic E-state index is -0.405. The maximum atomic E-state index is 11.8. The van der Waals surface area contributed by atoms with Crippen LogP contribution >= 0.6 is 0 Å². The molecule has 8 heteroatoms. The molecule has 0 fully saturated rings. The van der Waals surface area contributed by atoms with Gasteiger partial charge in [-0.1, -0.05) is 12.1 Å². The Morgan fingerprint density at radius 1 is 1.24 bits per heavy atom. The number of hydrogen-bond acceptors (Lipinski definition) is 6. The average molecular weight is 286 g/mol. The molecule has 0 unspecified atom stereocenters. The fourth-order valence-electron chi connectivity index (χ4n) is 2.11. The summed E-state index contributed by atoms with van der Waals surface area (Å²) in [6.07, 6.45) is 0. The van der Waals surface area contributed by atoms with Crippen molar-refractivity contribution in [1.29, 1.82) is 0 Å². The summed E-state index contributed by atoms with van der Waals surface area (Å²) in [5.74, 6) is 1.01. The zero-order valence-corrected chi connectivity index (χ0v) is 11.3. The first-order chi connectivity index (χ1) is 10.1. The number of nitrogens with two attached hydrogens (primary N) is 2. The molecule has 0 aliphatic heterocycles. The van der Waals surface area contributed by atoms with Crippen LogP contribution in [0.5, 0.6) is 5.75 Å². The first-order valence-corrected chi connectivity index (χ1v) is 6.23. The van der Waals surface area contributed by atoms with Crippen LogP contribution in [0.15, 0.2) is 29.1 Å². The van der Waals surface area contributed by atoms with E-state index in [0.29, 0.717) is 12.2 Å². The summed E-state index contributed by atoms with van der Waals surface area (Å²) in [4.78, 5) is 22.3. The second kappa shape index (κ2) is 4.82. The molecule has 2 aromatic heterocycles. The van der Waals surface area contributed by atoms with Crippen molar-refractivity contribution in [3.8, 4) is 5.75 Å². The number of nitrogen functional groups attached to an aromatic ring is 2. The van der Waals surface area contributed by atoms with E-state index in [1.807, 2.05) is 24.3 Å². The van der Waals surface area contributed by atoms with E-state index in [0.717, 1.165) is 11.3 Å². The van der Waals surface area contributed by atoms with Crippen LogP contribution in [0.4, 0.5) is 11.9 Å². The van der Waals surface area contributed by atoms with Crippen molar-refractivity contribution in [2.24, 2.45) is 0 Å². The van der Waals surface area contributed by atoms with Crippen LogP contribution < -0.4 is 21.8 Å². The Kier molecular flexibility index (Phi) is 2.98. The van der Waals surface area contributed by atoms with Gasteiger partial charge in [0.2, 0.25) is 11.9 Å².